The van der Waals surface area contributed by atoms with Gasteiger partial charge in [-0.15, -0.1) is 11.3 Å². The quantitative estimate of drug-likeness (QED) is 0.606. The van der Waals surface area contributed by atoms with Crippen LogP contribution in [-0.4, -0.2) is 35.0 Å². The highest BCUT2D eigenvalue weighted by Gasteiger charge is 2.17. The van der Waals surface area contributed by atoms with Gasteiger partial charge >= 0.3 is 5.97 Å². The van der Waals surface area contributed by atoms with Crippen LogP contribution in [0.3, 0.4) is 0 Å². The lowest BCUT2D eigenvalue weighted by Crippen LogP contribution is -2.04. The lowest BCUT2D eigenvalue weighted by atomic mass is 10.4. The Hall–Kier alpha value is -1.05. The van der Waals surface area contributed by atoms with E-state index in [1.165, 1.54) is 11.3 Å². The molecule has 0 amide bonds. The van der Waals surface area contributed by atoms with Crippen molar-refractivity contribution in [2.24, 2.45) is 0 Å². The Labute approximate surface area is 119 Å². The van der Waals surface area contributed by atoms with Gasteiger partial charge < -0.3 is 9.47 Å². The molecule has 0 radical (unpaired) electrons. The molecule has 0 N–H and O–H groups in total. The van der Waals surface area contributed by atoms with Crippen LogP contribution in [0.5, 0.6) is 0 Å². The van der Waals surface area contributed by atoms with Crippen LogP contribution in [0, 0.1) is 0 Å². The molecule has 0 atom stereocenters. The first-order chi connectivity index (χ1) is 9.21. The van der Waals surface area contributed by atoms with Crippen LogP contribution in [0.1, 0.15) is 23.5 Å². The number of hydrogen-bond acceptors (Lipinski definition) is 6. The Morgan fingerprint density at radius 2 is 2.26 bits per heavy atom. The third-order valence-corrected chi connectivity index (χ3v) is 4.17. The van der Waals surface area contributed by atoms with Gasteiger partial charge in [0.25, 0.3) is 0 Å². The van der Waals surface area contributed by atoms with Crippen molar-refractivity contribution in [2.45, 2.75) is 25.7 Å². The van der Waals surface area contributed by atoms with E-state index in [0.29, 0.717) is 24.8 Å². The Morgan fingerprint density at radius 1 is 1.47 bits per heavy atom. The molecule has 2 rings (SSSR count). The van der Waals surface area contributed by atoms with E-state index in [1.807, 2.05) is 23.8 Å². The normalized spacial score (nSPS) is 11.1. The van der Waals surface area contributed by atoms with Crippen molar-refractivity contribution in [2.75, 3.05) is 19.5 Å². The number of thiophene rings is 1. The molecule has 104 valence electrons. The maximum absolute atomic E-state index is 11.7. The number of thioether (sulfide) groups is 1. The number of ether oxygens (including phenoxy) is 2. The Balaban J connectivity index is 2.37. The summed E-state index contributed by atoms with van der Waals surface area (Å²) in [6.45, 7) is 5.21. The molecule has 0 saturated carbocycles. The van der Waals surface area contributed by atoms with E-state index in [4.69, 9.17) is 9.47 Å². The topological polar surface area (TPSA) is 53.4 Å². The summed E-state index contributed by atoms with van der Waals surface area (Å²) in [6, 6.07) is 1.82. The Kier molecular flexibility index (Phi) is 4.84. The van der Waals surface area contributed by atoms with E-state index < -0.39 is 0 Å². The summed E-state index contributed by atoms with van der Waals surface area (Å²) in [7, 11) is 0. The van der Waals surface area contributed by atoms with Gasteiger partial charge in [-0.25, -0.2) is 9.78 Å². The van der Waals surface area contributed by atoms with Crippen LogP contribution in [-0.2, 0) is 16.2 Å². The minimum atomic E-state index is -0.292. The van der Waals surface area contributed by atoms with E-state index in [-0.39, 0.29) is 5.97 Å². The Bertz CT molecular complexity index is 577. The SMILES string of the molecule is CCOCn1c(SC)nc2sc(C(=O)OCC)cc21. The highest BCUT2D eigenvalue weighted by molar-refractivity contribution is 7.98. The van der Waals surface area contributed by atoms with E-state index in [9.17, 15) is 4.79 Å². The fourth-order valence-electron chi connectivity index (χ4n) is 1.66. The van der Waals surface area contributed by atoms with Gasteiger partial charge in [0.15, 0.2) is 5.16 Å². The number of carbonyl (C=O) groups is 1. The van der Waals surface area contributed by atoms with Crippen molar-refractivity contribution < 1.29 is 14.3 Å². The smallest absolute Gasteiger partial charge is 0.348 e. The fourth-order valence-corrected chi connectivity index (χ4v) is 3.20. The van der Waals surface area contributed by atoms with Crippen molar-refractivity contribution in [1.82, 2.24) is 9.55 Å². The molecular weight excluding hydrogens is 284 g/mol. The van der Waals surface area contributed by atoms with Crippen LogP contribution in [0.15, 0.2) is 11.2 Å². The number of aromatic nitrogens is 2. The first-order valence-corrected chi connectivity index (χ1v) is 8.04. The molecule has 0 fully saturated rings. The lowest BCUT2D eigenvalue weighted by Gasteiger charge is -2.06. The van der Waals surface area contributed by atoms with Crippen molar-refractivity contribution >= 4 is 39.4 Å². The van der Waals surface area contributed by atoms with E-state index >= 15 is 0 Å². The Morgan fingerprint density at radius 3 is 2.89 bits per heavy atom. The molecule has 19 heavy (non-hydrogen) atoms. The summed E-state index contributed by atoms with van der Waals surface area (Å²) >= 11 is 2.92. The van der Waals surface area contributed by atoms with Crippen LogP contribution in [0.4, 0.5) is 0 Å². The van der Waals surface area contributed by atoms with E-state index in [0.717, 1.165) is 15.5 Å². The number of carbonyl (C=O) groups excluding carboxylic acids is 1. The average molecular weight is 300 g/mol. The third-order valence-electron chi connectivity index (χ3n) is 2.50. The number of rotatable bonds is 6. The molecule has 0 aliphatic rings. The molecule has 0 saturated heterocycles. The van der Waals surface area contributed by atoms with Gasteiger partial charge in [-0.05, 0) is 26.2 Å². The van der Waals surface area contributed by atoms with Crippen molar-refractivity contribution in [1.29, 1.82) is 0 Å². The van der Waals surface area contributed by atoms with Gasteiger partial charge in [-0.2, -0.15) is 0 Å². The molecule has 0 unspecified atom stereocenters. The maximum atomic E-state index is 11.7. The minimum Gasteiger partial charge on any atom is -0.462 e. The summed E-state index contributed by atoms with van der Waals surface area (Å²) in [4.78, 5) is 17.6. The van der Waals surface area contributed by atoms with E-state index in [1.54, 1.807) is 18.7 Å². The fraction of sp³-hybridized carbons (Fsp3) is 0.500. The molecule has 2 aromatic rings. The van der Waals surface area contributed by atoms with Crippen molar-refractivity contribution in [3.05, 3.63) is 10.9 Å². The summed E-state index contributed by atoms with van der Waals surface area (Å²) < 4.78 is 12.4. The van der Waals surface area contributed by atoms with Crippen LogP contribution >= 0.6 is 23.1 Å². The summed E-state index contributed by atoms with van der Waals surface area (Å²) in [5.41, 5.74) is 0.922. The number of imidazole rings is 1. The molecule has 7 heteroatoms. The molecule has 2 aromatic heterocycles. The number of hydrogen-bond donors (Lipinski definition) is 0. The molecular formula is C12H16N2O3S2. The largest absolute Gasteiger partial charge is 0.462 e. The predicted octanol–water partition coefficient (Wildman–Crippen LogP) is 2.99. The molecule has 0 aromatic carbocycles. The summed E-state index contributed by atoms with van der Waals surface area (Å²) in [5.74, 6) is -0.292. The standard InChI is InChI=1S/C12H16N2O3S2/c1-4-16-7-14-8-6-9(11(15)17-5-2)19-10(8)13-12(14)18-3/h6H,4-5,7H2,1-3H3. The first-order valence-electron chi connectivity index (χ1n) is 6.00. The molecule has 0 aliphatic carbocycles. The number of fused-ring (bicyclic) bond motifs is 1. The zero-order chi connectivity index (χ0) is 13.8. The second-order valence-corrected chi connectivity index (χ2v) is 5.47. The average Bonchev–Trinajstić information content (AvgIpc) is 2.94. The number of esters is 1. The summed E-state index contributed by atoms with van der Waals surface area (Å²) in [6.07, 6.45) is 1.97. The first kappa shape index (κ1) is 14.4. The van der Waals surface area contributed by atoms with Crippen molar-refractivity contribution in [3.63, 3.8) is 0 Å². The molecule has 5 nitrogen and oxygen atoms in total. The van der Waals surface area contributed by atoms with Gasteiger partial charge in [0.2, 0.25) is 0 Å². The van der Waals surface area contributed by atoms with Gasteiger partial charge in [0, 0.05) is 6.61 Å². The lowest BCUT2D eigenvalue weighted by molar-refractivity contribution is 0.0532. The third kappa shape index (κ3) is 2.93. The van der Waals surface area contributed by atoms with Crippen LogP contribution < -0.4 is 0 Å². The molecule has 0 bridgehead atoms. The van der Waals surface area contributed by atoms with Crippen LogP contribution in [0.2, 0.25) is 0 Å². The maximum Gasteiger partial charge on any atom is 0.348 e. The zero-order valence-electron chi connectivity index (χ0n) is 11.1. The predicted molar refractivity (Wildman–Crippen MR) is 77.0 cm³/mol. The summed E-state index contributed by atoms with van der Waals surface area (Å²) in [5, 5.41) is 0.894. The molecule has 0 spiro atoms. The van der Waals surface area contributed by atoms with Gasteiger partial charge in [-0.1, -0.05) is 11.8 Å². The molecule has 2 heterocycles. The van der Waals surface area contributed by atoms with Gasteiger partial charge in [-0.3, -0.25) is 4.57 Å². The van der Waals surface area contributed by atoms with Crippen LogP contribution in [0.25, 0.3) is 10.3 Å². The second kappa shape index (κ2) is 6.40. The van der Waals surface area contributed by atoms with E-state index in [2.05, 4.69) is 4.98 Å². The monoisotopic (exact) mass is 300 g/mol. The van der Waals surface area contributed by atoms with Gasteiger partial charge in [0.05, 0.1) is 12.1 Å². The highest BCUT2D eigenvalue weighted by Crippen LogP contribution is 2.30. The second-order valence-electron chi connectivity index (χ2n) is 3.67. The van der Waals surface area contributed by atoms with Gasteiger partial charge in [0.1, 0.15) is 16.4 Å². The highest BCUT2D eigenvalue weighted by atomic mass is 32.2. The number of nitrogens with zero attached hydrogens (tertiary/aromatic N) is 2. The van der Waals surface area contributed by atoms with Crippen molar-refractivity contribution in [3.8, 4) is 0 Å². The molecule has 0 aliphatic heterocycles. The zero-order valence-corrected chi connectivity index (χ0v) is 12.8. The minimum absolute atomic E-state index is 0.292.